The SMILES string of the molecule is CCC(C)NC(=O)CNCc1ccccc1-n1cccn1. The van der Waals surface area contributed by atoms with Crippen LogP contribution in [0, 0.1) is 0 Å². The minimum atomic E-state index is 0.0286. The van der Waals surface area contributed by atoms with Crippen molar-refractivity contribution in [1.29, 1.82) is 0 Å². The number of nitrogens with one attached hydrogen (secondary N) is 2. The Balaban J connectivity index is 1.91. The molecule has 1 unspecified atom stereocenters. The summed E-state index contributed by atoms with van der Waals surface area (Å²) in [6.45, 7) is 5.01. The van der Waals surface area contributed by atoms with Gasteiger partial charge in [0.15, 0.2) is 0 Å². The molecular weight excluding hydrogens is 264 g/mol. The summed E-state index contributed by atoms with van der Waals surface area (Å²) in [6, 6.07) is 10.1. The zero-order valence-electron chi connectivity index (χ0n) is 12.5. The van der Waals surface area contributed by atoms with E-state index in [0.29, 0.717) is 13.1 Å². The first-order valence-electron chi connectivity index (χ1n) is 7.28. The Labute approximate surface area is 125 Å². The molecule has 0 radical (unpaired) electrons. The Morgan fingerprint density at radius 1 is 1.33 bits per heavy atom. The second kappa shape index (κ2) is 7.59. The molecule has 1 heterocycles. The van der Waals surface area contributed by atoms with Crippen molar-refractivity contribution >= 4 is 5.91 Å². The topological polar surface area (TPSA) is 59.0 Å². The number of para-hydroxylation sites is 1. The van der Waals surface area contributed by atoms with Crippen molar-refractivity contribution in [3.63, 3.8) is 0 Å². The van der Waals surface area contributed by atoms with Crippen molar-refractivity contribution in [3.8, 4) is 5.69 Å². The Kier molecular flexibility index (Phi) is 5.51. The van der Waals surface area contributed by atoms with Crippen LogP contribution in [0.3, 0.4) is 0 Å². The van der Waals surface area contributed by atoms with Gasteiger partial charge in [0.25, 0.3) is 0 Å². The van der Waals surface area contributed by atoms with E-state index < -0.39 is 0 Å². The average molecular weight is 286 g/mol. The summed E-state index contributed by atoms with van der Waals surface area (Å²) in [7, 11) is 0. The van der Waals surface area contributed by atoms with Crippen LogP contribution in [0.2, 0.25) is 0 Å². The van der Waals surface area contributed by atoms with Crippen LogP contribution in [-0.4, -0.2) is 28.3 Å². The molecule has 2 aromatic rings. The highest BCUT2D eigenvalue weighted by atomic mass is 16.1. The molecule has 0 aliphatic rings. The summed E-state index contributed by atoms with van der Waals surface area (Å²) in [4.78, 5) is 11.7. The van der Waals surface area contributed by atoms with E-state index in [4.69, 9.17) is 0 Å². The highest BCUT2D eigenvalue weighted by Gasteiger charge is 2.07. The Bertz CT molecular complexity index is 565. The molecule has 5 nitrogen and oxygen atoms in total. The lowest BCUT2D eigenvalue weighted by atomic mass is 10.2. The third kappa shape index (κ3) is 4.43. The van der Waals surface area contributed by atoms with Crippen LogP contribution in [0.15, 0.2) is 42.7 Å². The van der Waals surface area contributed by atoms with Gasteiger partial charge in [0.05, 0.1) is 12.2 Å². The van der Waals surface area contributed by atoms with Crippen LogP contribution in [0.1, 0.15) is 25.8 Å². The third-order valence-electron chi connectivity index (χ3n) is 3.36. The number of benzene rings is 1. The lowest BCUT2D eigenvalue weighted by Gasteiger charge is -2.13. The largest absolute Gasteiger partial charge is 0.353 e. The average Bonchev–Trinajstić information content (AvgIpc) is 3.01. The maximum absolute atomic E-state index is 11.7. The predicted molar refractivity (Wildman–Crippen MR) is 83.2 cm³/mol. The minimum absolute atomic E-state index is 0.0286. The fourth-order valence-electron chi connectivity index (χ4n) is 2.03. The van der Waals surface area contributed by atoms with Gasteiger partial charge in [0.1, 0.15) is 0 Å². The molecule has 1 amide bonds. The monoisotopic (exact) mass is 286 g/mol. The lowest BCUT2D eigenvalue weighted by Crippen LogP contribution is -2.38. The van der Waals surface area contributed by atoms with Gasteiger partial charge in [-0.15, -0.1) is 0 Å². The molecule has 0 bridgehead atoms. The normalized spacial score (nSPS) is 12.1. The quantitative estimate of drug-likeness (QED) is 0.817. The molecule has 0 saturated heterocycles. The van der Waals surface area contributed by atoms with E-state index in [1.807, 2.05) is 48.1 Å². The maximum atomic E-state index is 11.7. The van der Waals surface area contributed by atoms with E-state index in [1.165, 1.54) is 0 Å². The van der Waals surface area contributed by atoms with Gasteiger partial charge in [-0.25, -0.2) is 4.68 Å². The first-order chi connectivity index (χ1) is 10.2. The molecule has 0 spiro atoms. The van der Waals surface area contributed by atoms with Crippen LogP contribution >= 0.6 is 0 Å². The molecule has 0 aliphatic carbocycles. The summed E-state index contributed by atoms with van der Waals surface area (Å²) >= 11 is 0. The molecule has 21 heavy (non-hydrogen) atoms. The van der Waals surface area contributed by atoms with Gasteiger partial charge >= 0.3 is 0 Å². The zero-order chi connectivity index (χ0) is 15.1. The van der Waals surface area contributed by atoms with E-state index >= 15 is 0 Å². The van der Waals surface area contributed by atoms with E-state index in [0.717, 1.165) is 17.7 Å². The number of rotatable bonds is 7. The minimum Gasteiger partial charge on any atom is -0.353 e. The highest BCUT2D eigenvalue weighted by molar-refractivity contribution is 5.78. The molecule has 0 fully saturated rings. The molecule has 112 valence electrons. The first kappa shape index (κ1) is 15.3. The van der Waals surface area contributed by atoms with Crippen molar-refractivity contribution in [1.82, 2.24) is 20.4 Å². The molecule has 0 aliphatic heterocycles. The van der Waals surface area contributed by atoms with E-state index in [-0.39, 0.29) is 11.9 Å². The second-order valence-corrected chi connectivity index (χ2v) is 5.06. The number of hydrogen-bond donors (Lipinski definition) is 2. The second-order valence-electron chi connectivity index (χ2n) is 5.06. The third-order valence-corrected chi connectivity index (χ3v) is 3.36. The number of aromatic nitrogens is 2. The molecule has 2 rings (SSSR count). The predicted octanol–water partition coefficient (Wildman–Crippen LogP) is 1.88. The molecule has 5 heteroatoms. The van der Waals surface area contributed by atoms with E-state index in [9.17, 15) is 4.79 Å². The van der Waals surface area contributed by atoms with Crippen molar-refractivity contribution in [3.05, 3.63) is 48.3 Å². The number of hydrogen-bond acceptors (Lipinski definition) is 3. The molecule has 2 N–H and O–H groups in total. The van der Waals surface area contributed by atoms with Crippen LogP contribution in [0.4, 0.5) is 0 Å². The highest BCUT2D eigenvalue weighted by Crippen LogP contribution is 2.12. The molecular formula is C16H22N4O. The van der Waals surface area contributed by atoms with Gasteiger partial charge in [0.2, 0.25) is 5.91 Å². The molecule has 1 aromatic heterocycles. The lowest BCUT2D eigenvalue weighted by molar-refractivity contribution is -0.120. The summed E-state index contributed by atoms with van der Waals surface area (Å²) in [6.07, 6.45) is 4.60. The van der Waals surface area contributed by atoms with E-state index in [2.05, 4.69) is 22.7 Å². The van der Waals surface area contributed by atoms with Gasteiger partial charge in [0, 0.05) is 25.0 Å². The first-order valence-corrected chi connectivity index (χ1v) is 7.28. The van der Waals surface area contributed by atoms with Gasteiger partial charge in [-0.2, -0.15) is 5.10 Å². The maximum Gasteiger partial charge on any atom is 0.234 e. The van der Waals surface area contributed by atoms with Crippen LogP contribution < -0.4 is 10.6 Å². The van der Waals surface area contributed by atoms with Crippen molar-refractivity contribution < 1.29 is 4.79 Å². The van der Waals surface area contributed by atoms with Gasteiger partial charge in [-0.3, -0.25) is 4.79 Å². The fourth-order valence-corrected chi connectivity index (χ4v) is 2.03. The standard InChI is InChI=1S/C16H22N4O/c1-3-13(2)19-16(21)12-17-11-14-7-4-5-8-15(14)20-10-6-9-18-20/h4-10,13,17H,3,11-12H2,1-2H3,(H,19,21). The van der Waals surface area contributed by atoms with Crippen LogP contribution in [-0.2, 0) is 11.3 Å². The molecule has 1 aromatic carbocycles. The Hall–Kier alpha value is -2.14. The van der Waals surface area contributed by atoms with Crippen LogP contribution in [0.25, 0.3) is 5.69 Å². The summed E-state index contributed by atoms with van der Waals surface area (Å²) < 4.78 is 1.83. The zero-order valence-corrected chi connectivity index (χ0v) is 12.5. The van der Waals surface area contributed by atoms with Gasteiger partial charge < -0.3 is 10.6 Å². The van der Waals surface area contributed by atoms with Crippen LogP contribution in [0.5, 0.6) is 0 Å². The Morgan fingerprint density at radius 3 is 2.86 bits per heavy atom. The summed E-state index contributed by atoms with van der Waals surface area (Å²) in [5.74, 6) is 0.0286. The number of carbonyl (C=O) groups is 1. The number of amides is 1. The van der Waals surface area contributed by atoms with Crippen molar-refractivity contribution in [2.45, 2.75) is 32.9 Å². The molecule has 1 atom stereocenters. The fraction of sp³-hybridized carbons (Fsp3) is 0.375. The van der Waals surface area contributed by atoms with Gasteiger partial charge in [-0.05, 0) is 31.0 Å². The Morgan fingerprint density at radius 2 is 2.14 bits per heavy atom. The van der Waals surface area contributed by atoms with Crippen molar-refractivity contribution in [2.24, 2.45) is 0 Å². The van der Waals surface area contributed by atoms with Gasteiger partial charge in [-0.1, -0.05) is 25.1 Å². The van der Waals surface area contributed by atoms with Crippen molar-refractivity contribution in [2.75, 3.05) is 6.54 Å². The summed E-state index contributed by atoms with van der Waals surface area (Å²) in [5.41, 5.74) is 2.13. The summed E-state index contributed by atoms with van der Waals surface area (Å²) in [5, 5.41) is 10.4. The van der Waals surface area contributed by atoms with E-state index in [1.54, 1.807) is 6.20 Å². The smallest absolute Gasteiger partial charge is 0.234 e. The number of carbonyl (C=O) groups excluding carboxylic acids is 1. The number of nitrogens with zero attached hydrogens (tertiary/aromatic N) is 2. The molecule has 0 saturated carbocycles.